The fourth-order valence-corrected chi connectivity index (χ4v) is 4.06. The van der Waals surface area contributed by atoms with Crippen molar-refractivity contribution in [2.75, 3.05) is 6.61 Å². The second-order valence-corrected chi connectivity index (χ2v) is 7.69. The molecule has 0 saturated carbocycles. The molecule has 158 valence electrons. The number of nitrogens with one attached hydrogen (secondary N) is 1. The molecule has 3 aromatic carbocycles. The second kappa shape index (κ2) is 8.52. The molecule has 0 fully saturated rings. The standard InChI is InChI=1S/C25H23NO5/c1-15-12-16(10-11-23(15)27)13-22(24(28)29)26-25(30)31-14-21-19-8-4-2-6-17(19)18-7-3-5-9-20(18)21/h2-12,21-22,27H,13-14H2,1H3,(H,26,30)(H,28,29)/t22-/m0/s1. The first-order chi connectivity index (χ1) is 14.9. The van der Waals surface area contributed by atoms with Crippen LogP contribution in [0.1, 0.15) is 28.2 Å². The van der Waals surface area contributed by atoms with Gasteiger partial charge < -0.3 is 20.3 Å². The van der Waals surface area contributed by atoms with Gasteiger partial charge in [0, 0.05) is 12.3 Å². The molecule has 31 heavy (non-hydrogen) atoms. The van der Waals surface area contributed by atoms with E-state index in [0.29, 0.717) is 11.1 Å². The summed E-state index contributed by atoms with van der Waals surface area (Å²) in [6.45, 7) is 1.85. The van der Waals surface area contributed by atoms with E-state index in [1.165, 1.54) is 6.07 Å². The lowest BCUT2D eigenvalue weighted by Crippen LogP contribution is -2.42. The number of alkyl carbamates (subject to hydrolysis) is 1. The number of amides is 1. The van der Waals surface area contributed by atoms with E-state index in [1.807, 2.05) is 48.5 Å². The Bertz CT molecular complexity index is 1090. The number of benzene rings is 3. The molecule has 0 spiro atoms. The number of carbonyl (C=O) groups excluding carboxylic acids is 1. The lowest BCUT2D eigenvalue weighted by atomic mass is 9.98. The van der Waals surface area contributed by atoms with Crippen LogP contribution in [-0.2, 0) is 16.0 Å². The van der Waals surface area contributed by atoms with Gasteiger partial charge in [-0.2, -0.15) is 0 Å². The Kier molecular flexibility index (Phi) is 5.62. The van der Waals surface area contributed by atoms with Crippen LogP contribution in [0.25, 0.3) is 11.1 Å². The summed E-state index contributed by atoms with van der Waals surface area (Å²) >= 11 is 0. The van der Waals surface area contributed by atoms with Gasteiger partial charge >= 0.3 is 12.1 Å². The highest BCUT2D eigenvalue weighted by Gasteiger charge is 2.29. The quantitative estimate of drug-likeness (QED) is 0.558. The number of hydrogen-bond donors (Lipinski definition) is 3. The van der Waals surface area contributed by atoms with E-state index in [0.717, 1.165) is 22.3 Å². The fraction of sp³-hybridized carbons (Fsp3) is 0.200. The topological polar surface area (TPSA) is 95.9 Å². The van der Waals surface area contributed by atoms with Crippen LogP contribution < -0.4 is 5.32 Å². The van der Waals surface area contributed by atoms with Crippen molar-refractivity contribution in [3.63, 3.8) is 0 Å². The van der Waals surface area contributed by atoms with E-state index in [9.17, 15) is 19.8 Å². The number of aliphatic carboxylic acids is 1. The third kappa shape index (κ3) is 4.23. The Morgan fingerprint density at radius 3 is 2.19 bits per heavy atom. The zero-order chi connectivity index (χ0) is 22.0. The Morgan fingerprint density at radius 1 is 1.00 bits per heavy atom. The van der Waals surface area contributed by atoms with E-state index >= 15 is 0 Å². The maximum atomic E-state index is 12.4. The number of carboxylic acids is 1. The van der Waals surface area contributed by atoms with Gasteiger partial charge in [0.2, 0.25) is 0 Å². The van der Waals surface area contributed by atoms with Crippen LogP contribution >= 0.6 is 0 Å². The molecule has 3 N–H and O–H groups in total. The van der Waals surface area contributed by atoms with Gasteiger partial charge in [0.05, 0.1) is 0 Å². The second-order valence-electron chi connectivity index (χ2n) is 7.69. The molecule has 0 unspecified atom stereocenters. The summed E-state index contributed by atoms with van der Waals surface area (Å²) in [6.07, 6.45) is -0.689. The predicted octanol–water partition coefficient (Wildman–Crippen LogP) is 4.24. The molecule has 0 saturated heterocycles. The molecule has 0 heterocycles. The molecule has 1 aliphatic rings. The average molecular weight is 417 g/mol. The summed E-state index contributed by atoms with van der Waals surface area (Å²) < 4.78 is 5.45. The molecule has 3 aromatic rings. The Balaban J connectivity index is 1.43. The van der Waals surface area contributed by atoms with Crippen LogP contribution in [0.5, 0.6) is 5.75 Å². The van der Waals surface area contributed by atoms with Gasteiger partial charge in [-0.15, -0.1) is 0 Å². The highest BCUT2D eigenvalue weighted by atomic mass is 16.5. The minimum Gasteiger partial charge on any atom is -0.508 e. The van der Waals surface area contributed by atoms with Gasteiger partial charge in [-0.25, -0.2) is 9.59 Å². The van der Waals surface area contributed by atoms with Crippen LogP contribution in [0.4, 0.5) is 4.79 Å². The molecule has 1 amide bonds. The predicted molar refractivity (Wildman–Crippen MR) is 116 cm³/mol. The van der Waals surface area contributed by atoms with E-state index in [4.69, 9.17) is 4.74 Å². The smallest absolute Gasteiger partial charge is 0.407 e. The minimum absolute atomic E-state index is 0.0840. The van der Waals surface area contributed by atoms with Gasteiger partial charge in [0.25, 0.3) is 0 Å². The number of aromatic hydroxyl groups is 1. The monoisotopic (exact) mass is 417 g/mol. The van der Waals surface area contributed by atoms with Crippen LogP contribution in [0.15, 0.2) is 66.7 Å². The van der Waals surface area contributed by atoms with Crippen LogP contribution in [0, 0.1) is 6.92 Å². The third-order valence-corrected chi connectivity index (χ3v) is 5.63. The maximum Gasteiger partial charge on any atom is 0.407 e. The summed E-state index contributed by atoms with van der Waals surface area (Å²) in [6, 6.07) is 19.7. The number of ether oxygens (including phenoxy) is 1. The zero-order valence-electron chi connectivity index (χ0n) is 17.0. The first kappa shape index (κ1) is 20.5. The molecule has 1 atom stereocenters. The van der Waals surface area contributed by atoms with Gasteiger partial charge in [0.15, 0.2) is 0 Å². The van der Waals surface area contributed by atoms with Gasteiger partial charge in [-0.1, -0.05) is 60.7 Å². The molecule has 0 aliphatic heterocycles. The largest absolute Gasteiger partial charge is 0.508 e. The van der Waals surface area contributed by atoms with Gasteiger partial charge in [0.1, 0.15) is 18.4 Å². The minimum atomic E-state index is -1.15. The maximum absolute atomic E-state index is 12.4. The van der Waals surface area contributed by atoms with Crippen LogP contribution in [0.2, 0.25) is 0 Å². The number of phenols is 1. The summed E-state index contributed by atoms with van der Waals surface area (Å²) in [5.74, 6) is -1.11. The molecule has 4 rings (SSSR count). The van der Waals surface area contributed by atoms with Crippen LogP contribution in [-0.4, -0.2) is 34.9 Å². The van der Waals surface area contributed by atoms with Crippen molar-refractivity contribution in [1.82, 2.24) is 5.32 Å². The number of rotatable bonds is 6. The number of fused-ring (bicyclic) bond motifs is 3. The highest BCUT2D eigenvalue weighted by molar-refractivity contribution is 5.81. The van der Waals surface area contributed by atoms with E-state index in [2.05, 4.69) is 5.32 Å². The third-order valence-electron chi connectivity index (χ3n) is 5.63. The summed E-state index contributed by atoms with van der Waals surface area (Å²) in [7, 11) is 0. The molecular weight excluding hydrogens is 394 g/mol. The van der Waals surface area contributed by atoms with Crippen molar-refractivity contribution in [3.05, 3.63) is 89.0 Å². The van der Waals surface area contributed by atoms with Crippen molar-refractivity contribution >= 4 is 12.1 Å². The molecule has 6 nitrogen and oxygen atoms in total. The lowest BCUT2D eigenvalue weighted by molar-refractivity contribution is -0.139. The molecule has 1 aliphatic carbocycles. The first-order valence-corrected chi connectivity index (χ1v) is 10.1. The fourth-order valence-electron chi connectivity index (χ4n) is 4.06. The molecule has 6 heteroatoms. The number of carbonyl (C=O) groups is 2. The molecule has 0 bridgehead atoms. The molecule has 0 radical (unpaired) electrons. The Hall–Kier alpha value is -3.80. The van der Waals surface area contributed by atoms with Crippen molar-refractivity contribution in [1.29, 1.82) is 0 Å². The average Bonchev–Trinajstić information content (AvgIpc) is 3.08. The number of hydrogen-bond acceptors (Lipinski definition) is 4. The van der Waals surface area contributed by atoms with E-state index < -0.39 is 18.1 Å². The highest BCUT2D eigenvalue weighted by Crippen LogP contribution is 2.44. The van der Waals surface area contributed by atoms with Crippen molar-refractivity contribution < 1.29 is 24.5 Å². The van der Waals surface area contributed by atoms with Crippen molar-refractivity contribution in [2.24, 2.45) is 0 Å². The Labute approximate surface area is 180 Å². The normalized spacial score (nSPS) is 13.2. The van der Waals surface area contributed by atoms with Crippen molar-refractivity contribution in [3.8, 4) is 16.9 Å². The van der Waals surface area contributed by atoms with E-state index in [1.54, 1.807) is 19.1 Å². The summed E-state index contributed by atoms with van der Waals surface area (Å²) in [5, 5.41) is 21.6. The van der Waals surface area contributed by atoms with Gasteiger partial charge in [-0.3, -0.25) is 0 Å². The number of aryl methyl sites for hydroxylation is 1. The number of carboxylic acid groups (broad SMARTS) is 1. The van der Waals surface area contributed by atoms with Crippen molar-refractivity contribution in [2.45, 2.75) is 25.3 Å². The molecular formula is C25H23NO5. The van der Waals surface area contributed by atoms with E-state index in [-0.39, 0.29) is 24.7 Å². The first-order valence-electron chi connectivity index (χ1n) is 10.1. The summed E-state index contributed by atoms with van der Waals surface area (Å²) in [4.78, 5) is 24.1. The Morgan fingerprint density at radius 2 is 1.61 bits per heavy atom. The lowest BCUT2D eigenvalue weighted by Gasteiger charge is -2.18. The van der Waals surface area contributed by atoms with Gasteiger partial charge in [-0.05, 0) is 46.4 Å². The summed E-state index contributed by atoms with van der Waals surface area (Å²) in [5.41, 5.74) is 5.76. The zero-order valence-corrected chi connectivity index (χ0v) is 17.0. The number of phenolic OH excluding ortho intramolecular Hbond substituents is 1. The molecule has 0 aromatic heterocycles. The van der Waals surface area contributed by atoms with Crippen LogP contribution in [0.3, 0.4) is 0 Å². The SMILES string of the molecule is Cc1cc(C[C@H](NC(=O)OCC2c3ccccc3-c3ccccc32)C(=O)O)ccc1O.